The Morgan fingerprint density at radius 2 is 0.800 bits per heavy atom. The zero-order valence-electron chi connectivity index (χ0n) is 7.44. The van der Waals surface area contributed by atoms with Gasteiger partial charge in [0.1, 0.15) is 0 Å². The fraction of sp³-hybridized carbons (Fsp3) is 0. The first-order valence-corrected chi connectivity index (χ1v) is 3.64. The summed E-state index contributed by atoms with van der Waals surface area (Å²) in [6.07, 6.45) is 4.79. The highest BCUT2D eigenvalue weighted by molar-refractivity contribution is 6.13. The first kappa shape index (κ1) is 12.8. The summed E-state index contributed by atoms with van der Waals surface area (Å²) in [4.78, 5) is 40.1. The average Bonchev–Trinajstić information content (AvgIpc) is 2.63. The van der Waals surface area contributed by atoms with E-state index in [1.165, 1.54) is 24.3 Å². The molecule has 0 spiro atoms. The molecule has 2 aliphatic rings. The van der Waals surface area contributed by atoms with Crippen molar-refractivity contribution in [3.8, 4) is 0 Å². The third-order valence-corrected chi connectivity index (χ3v) is 1.26. The fourth-order valence-corrected chi connectivity index (χ4v) is 0.712. The molecule has 0 bridgehead atoms. The first-order valence-electron chi connectivity index (χ1n) is 3.64. The summed E-state index contributed by atoms with van der Waals surface area (Å²) in [6, 6.07) is 0. The molecule has 76 valence electrons. The molecule has 0 saturated carbocycles. The summed E-state index contributed by atoms with van der Waals surface area (Å²) >= 11 is 0. The molecule has 2 heterocycles. The van der Waals surface area contributed by atoms with Crippen LogP contribution in [0, 0.1) is 7.43 Å². The van der Waals surface area contributed by atoms with Gasteiger partial charge in [-0.15, -0.1) is 0 Å². The maximum Gasteiger partial charge on any atom is 0.250 e. The Hall–Kier alpha value is -2.24. The summed E-state index contributed by atoms with van der Waals surface area (Å²) in [7, 11) is 0. The molecule has 0 aromatic rings. The van der Waals surface area contributed by atoms with Crippen LogP contribution in [0.2, 0.25) is 0 Å². The Morgan fingerprint density at radius 3 is 0.867 bits per heavy atom. The highest BCUT2D eigenvalue weighted by atomic mass is 16.2. The van der Waals surface area contributed by atoms with E-state index >= 15 is 0 Å². The van der Waals surface area contributed by atoms with Crippen LogP contribution in [-0.2, 0) is 19.2 Å². The normalized spacial score (nSPS) is 16.5. The molecule has 0 fully saturated rings. The van der Waals surface area contributed by atoms with Crippen molar-refractivity contribution in [2.45, 2.75) is 0 Å². The van der Waals surface area contributed by atoms with E-state index in [2.05, 4.69) is 0 Å². The van der Waals surface area contributed by atoms with Crippen molar-refractivity contribution in [1.82, 2.24) is 10.6 Å². The van der Waals surface area contributed by atoms with Crippen LogP contribution in [-0.4, -0.2) is 23.6 Å². The van der Waals surface area contributed by atoms with Gasteiger partial charge in [-0.1, -0.05) is 0 Å². The van der Waals surface area contributed by atoms with Gasteiger partial charge in [0, 0.05) is 31.7 Å². The monoisotopic (exact) mass is 206 g/mol. The fourth-order valence-electron chi connectivity index (χ4n) is 0.712. The van der Waals surface area contributed by atoms with Gasteiger partial charge in [0.25, 0.3) is 23.6 Å². The minimum absolute atomic E-state index is 0. The molecule has 2 aliphatic heterocycles. The molecule has 2 N–H and O–H groups in total. The van der Waals surface area contributed by atoms with Crippen molar-refractivity contribution in [1.29, 1.82) is 0 Å². The van der Waals surface area contributed by atoms with E-state index < -0.39 is 0 Å². The van der Waals surface area contributed by atoms with Gasteiger partial charge in [-0.3, -0.25) is 29.8 Å². The minimum Gasteiger partial charge on any atom is -0.289 e. The topological polar surface area (TPSA) is 92.3 Å². The second-order valence-corrected chi connectivity index (χ2v) is 2.37. The van der Waals surface area contributed by atoms with Crippen LogP contribution in [0.1, 0.15) is 0 Å². The number of carbonyl (C=O) groups is 4. The number of imide groups is 2. The van der Waals surface area contributed by atoms with Crippen molar-refractivity contribution in [2.75, 3.05) is 0 Å². The largest absolute Gasteiger partial charge is 0.289 e. The predicted molar refractivity (Wildman–Crippen MR) is 47.8 cm³/mol. The van der Waals surface area contributed by atoms with E-state index in [9.17, 15) is 19.2 Å². The minimum atomic E-state index is -0.329. The standard InChI is InChI=1S/2C4H3NO2.C/c2*6-3-1-2-4(7)5-3;/h2*1-2H,(H,5,6,7);. The van der Waals surface area contributed by atoms with Gasteiger partial charge < -0.3 is 0 Å². The lowest BCUT2D eigenvalue weighted by atomic mass is 10.6. The van der Waals surface area contributed by atoms with Crippen LogP contribution in [0.4, 0.5) is 0 Å². The number of rotatable bonds is 0. The maximum absolute atomic E-state index is 10.0. The van der Waals surface area contributed by atoms with Gasteiger partial charge in [-0.2, -0.15) is 0 Å². The van der Waals surface area contributed by atoms with E-state index in [1.54, 1.807) is 0 Å². The molecule has 6 heteroatoms. The Kier molecular flexibility index (Phi) is 4.66. The predicted octanol–water partition coefficient (Wildman–Crippen LogP) is -1.52. The molecule has 15 heavy (non-hydrogen) atoms. The van der Waals surface area contributed by atoms with E-state index in [1.807, 2.05) is 10.6 Å². The van der Waals surface area contributed by atoms with E-state index in [-0.39, 0.29) is 31.1 Å². The highest BCUT2D eigenvalue weighted by Crippen LogP contribution is 1.83. The van der Waals surface area contributed by atoms with Crippen molar-refractivity contribution in [3.63, 3.8) is 0 Å². The Balaban J connectivity index is 0.000000245. The van der Waals surface area contributed by atoms with Crippen molar-refractivity contribution in [3.05, 3.63) is 31.7 Å². The van der Waals surface area contributed by atoms with Gasteiger partial charge in [0.15, 0.2) is 0 Å². The second-order valence-electron chi connectivity index (χ2n) is 2.37. The number of hydrogen-bond acceptors (Lipinski definition) is 4. The number of amides is 4. The molecule has 0 unspecified atom stereocenters. The summed E-state index contributed by atoms with van der Waals surface area (Å²) in [5, 5.41) is 4.06. The molecular formula is C9H6N2O4. The zero-order chi connectivity index (χ0) is 10.6. The van der Waals surface area contributed by atoms with Gasteiger partial charge in [-0.25, -0.2) is 0 Å². The Bertz CT molecular complexity index is 300. The molecule has 0 aromatic heterocycles. The SMILES string of the molecule is O=C1C=CC(=O)N1.O=C1C=CC(=O)N1.[C]. The van der Waals surface area contributed by atoms with Gasteiger partial charge in [0.2, 0.25) is 0 Å². The molecule has 0 saturated heterocycles. The highest BCUT2D eigenvalue weighted by Gasteiger charge is 2.07. The maximum atomic E-state index is 10.0. The van der Waals surface area contributed by atoms with Crippen LogP contribution >= 0.6 is 0 Å². The first-order chi connectivity index (χ1) is 6.58. The summed E-state index contributed by atoms with van der Waals surface area (Å²) in [6.45, 7) is 0. The molecule has 0 aromatic carbocycles. The molecule has 0 atom stereocenters. The Morgan fingerprint density at radius 1 is 0.600 bits per heavy atom. The van der Waals surface area contributed by atoms with Crippen molar-refractivity contribution >= 4 is 23.6 Å². The Labute approximate surface area is 86.0 Å². The lowest BCUT2D eigenvalue weighted by Gasteiger charge is -1.80. The average molecular weight is 206 g/mol. The molecule has 2 rings (SSSR count). The van der Waals surface area contributed by atoms with Crippen LogP contribution in [0.5, 0.6) is 0 Å². The molecular weight excluding hydrogens is 200 g/mol. The zero-order valence-corrected chi connectivity index (χ0v) is 7.44. The number of hydrogen-bond donors (Lipinski definition) is 2. The van der Waals surface area contributed by atoms with Gasteiger partial charge in [0.05, 0.1) is 0 Å². The molecule has 4 radical (unpaired) electrons. The summed E-state index contributed by atoms with van der Waals surface area (Å²) < 4.78 is 0. The van der Waals surface area contributed by atoms with Gasteiger partial charge in [-0.05, 0) is 0 Å². The number of nitrogens with one attached hydrogen (secondary N) is 2. The van der Waals surface area contributed by atoms with E-state index in [0.29, 0.717) is 0 Å². The van der Waals surface area contributed by atoms with Crippen LogP contribution in [0.25, 0.3) is 0 Å². The molecule has 4 amide bonds. The van der Waals surface area contributed by atoms with Crippen LogP contribution in [0.15, 0.2) is 24.3 Å². The van der Waals surface area contributed by atoms with Gasteiger partial charge >= 0.3 is 0 Å². The van der Waals surface area contributed by atoms with Crippen molar-refractivity contribution in [2.24, 2.45) is 0 Å². The smallest absolute Gasteiger partial charge is 0.250 e. The third kappa shape index (κ3) is 4.51. The third-order valence-electron chi connectivity index (χ3n) is 1.26. The summed E-state index contributed by atoms with van der Waals surface area (Å²) in [5.41, 5.74) is 0. The van der Waals surface area contributed by atoms with Crippen LogP contribution in [0.3, 0.4) is 0 Å². The van der Waals surface area contributed by atoms with Crippen molar-refractivity contribution < 1.29 is 19.2 Å². The quantitative estimate of drug-likeness (QED) is 0.471. The second kappa shape index (κ2) is 5.48. The van der Waals surface area contributed by atoms with E-state index in [4.69, 9.17) is 0 Å². The number of carbonyl (C=O) groups excluding carboxylic acids is 4. The van der Waals surface area contributed by atoms with Crippen LogP contribution < -0.4 is 10.6 Å². The van der Waals surface area contributed by atoms with E-state index in [0.717, 1.165) is 0 Å². The molecule has 0 aliphatic carbocycles. The lowest BCUT2D eigenvalue weighted by Crippen LogP contribution is -2.19. The lowest BCUT2D eigenvalue weighted by molar-refractivity contribution is -0.125. The molecule has 6 nitrogen and oxygen atoms in total. The summed E-state index contributed by atoms with van der Waals surface area (Å²) in [5.74, 6) is -1.31.